The van der Waals surface area contributed by atoms with Gasteiger partial charge in [-0.1, -0.05) is 47.7 Å². The lowest BCUT2D eigenvalue weighted by Crippen LogP contribution is -2.39. The van der Waals surface area contributed by atoms with Crippen molar-refractivity contribution >= 4 is 23.4 Å². The SMILES string of the molecule is CCOC(=O)C1=C(C)N=c2s/c(=C\c3ccc(OCc4ccc(C#N)cc4)cc3)c(=O)n2[C@@H]1c1ccc(OC)cc1. The quantitative estimate of drug-likeness (QED) is 0.296. The second-order valence-electron chi connectivity index (χ2n) is 9.24. The summed E-state index contributed by atoms with van der Waals surface area (Å²) in [4.78, 5) is 31.9. The monoisotopic (exact) mass is 565 g/mol. The van der Waals surface area contributed by atoms with Crippen LogP contribution >= 0.6 is 11.3 Å². The molecule has 0 radical (unpaired) electrons. The summed E-state index contributed by atoms with van der Waals surface area (Å²) in [5.74, 6) is 0.853. The molecule has 8 nitrogen and oxygen atoms in total. The fourth-order valence-corrected chi connectivity index (χ4v) is 5.59. The van der Waals surface area contributed by atoms with Gasteiger partial charge >= 0.3 is 5.97 Å². The molecule has 9 heteroatoms. The Balaban J connectivity index is 1.47. The Bertz CT molecular complexity index is 1830. The number of nitrogens with zero attached hydrogens (tertiary/aromatic N) is 3. The second-order valence-corrected chi connectivity index (χ2v) is 10.3. The molecule has 1 atom stereocenters. The third kappa shape index (κ3) is 5.83. The number of allylic oxidation sites excluding steroid dienone is 1. The van der Waals surface area contributed by atoms with Gasteiger partial charge in [-0.2, -0.15) is 5.26 Å². The number of methoxy groups -OCH3 is 1. The van der Waals surface area contributed by atoms with Gasteiger partial charge in [0.25, 0.3) is 5.56 Å². The first-order valence-corrected chi connectivity index (χ1v) is 13.8. The number of ether oxygens (including phenoxy) is 3. The molecule has 0 spiro atoms. The molecule has 0 aliphatic carbocycles. The average Bonchev–Trinajstić information content (AvgIpc) is 3.30. The molecule has 0 bridgehead atoms. The summed E-state index contributed by atoms with van der Waals surface area (Å²) < 4.78 is 18.6. The Morgan fingerprint density at radius 1 is 1.05 bits per heavy atom. The molecule has 1 aliphatic heterocycles. The molecule has 1 aliphatic rings. The van der Waals surface area contributed by atoms with Gasteiger partial charge in [0.05, 0.1) is 47.2 Å². The normalized spacial score (nSPS) is 14.6. The van der Waals surface area contributed by atoms with Crippen LogP contribution in [0.15, 0.2) is 93.9 Å². The fraction of sp³-hybridized carbons (Fsp3) is 0.188. The Morgan fingerprint density at radius 2 is 1.73 bits per heavy atom. The molecule has 41 heavy (non-hydrogen) atoms. The first-order valence-electron chi connectivity index (χ1n) is 13.0. The minimum Gasteiger partial charge on any atom is -0.497 e. The molecule has 2 heterocycles. The Hall–Kier alpha value is -4.94. The number of thiazole rings is 1. The molecule has 3 aromatic carbocycles. The van der Waals surface area contributed by atoms with E-state index < -0.39 is 12.0 Å². The van der Waals surface area contributed by atoms with E-state index in [1.165, 1.54) is 11.3 Å². The zero-order chi connectivity index (χ0) is 28.9. The number of benzene rings is 3. The fourth-order valence-electron chi connectivity index (χ4n) is 4.55. The van der Waals surface area contributed by atoms with Crippen molar-refractivity contribution in [2.45, 2.75) is 26.5 Å². The number of hydrogen-bond donors (Lipinski definition) is 0. The molecule has 0 fully saturated rings. The van der Waals surface area contributed by atoms with Crippen LogP contribution in [-0.2, 0) is 16.1 Å². The highest BCUT2D eigenvalue weighted by atomic mass is 32.1. The van der Waals surface area contributed by atoms with E-state index in [0.717, 1.165) is 16.7 Å². The Morgan fingerprint density at radius 3 is 2.37 bits per heavy atom. The van der Waals surface area contributed by atoms with Gasteiger partial charge in [0, 0.05) is 0 Å². The van der Waals surface area contributed by atoms with Gasteiger partial charge in [0.15, 0.2) is 4.80 Å². The molecular formula is C32H27N3O5S. The Labute approximate surface area is 240 Å². The second kappa shape index (κ2) is 12.1. The molecule has 0 saturated heterocycles. The van der Waals surface area contributed by atoms with Crippen molar-refractivity contribution in [3.63, 3.8) is 0 Å². The number of nitriles is 1. The smallest absolute Gasteiger partial charge is 0.338 e. The number of rotatable bonds is 8. The van der Waals surface area contributed by atoms with E-state index in [9.17, 15) is 9.59 Å². The summed E-state index contributed by atoms with van der Waals surface area (Å²) in [5, 5.41) is 8.95. The summed E-state index contributed by atoms with van der Waals surface area (Å²) in [6.07, 6.45) is 1.81. The summed E-state index contributed by atoms with van der Waals surface area (Å²) >= 11 is 1.27. The first-order chi connectivity index (χ1) is 19.9. The molecule has 1 aromatic heterocycles. The van der Waals surface area contributed by atoms with Crippen molar-refractivity contribution in [2.75, 3.05) is 13.7 Å². The standard InChI is InChI=1S/C32H27N3O5S/c1-4-39-31(37)28-20(2)34-32-35(29(28)24-11-15-25(38-3)16-12-24)30(36)27(41-32)17-21-9-13-26(14-10-21)40-19-23-7-5-22(18-33)6-8-23/h5-17,29H,4,19H2,1-3H3/b27-17-/t29-/m1/s1. The third-order valence-electron chi connectivity index (χ3n) is 6.61. The number of hydrogen-bond acceptors (Lipinski definition) is 8. The van der Waals surface area contributed by atoms with Crippen LogP contribution in [0.4, 0.5) is 0 Å². The van der Waals surface area contributed by atoms with E-state index in [1.807, 2.05) is 54.6 Å². The zero-order valence-electron chi connectivity index (χ0n) is 22.8. The average molecular weight is 566 g/mol. The van der Waals surface area contributed by atoms with Crippen molar-refractivity contribution in [3.8, 4) is 17.6 Å². The summed E-state index contributed by atoms with van der Waals surface area (Å²) in [7, 11) is 1.58. The van der Waals surface area contributed by atoms with Gasteiger partial charge in [-0.25, -0.2) is 9.79 Å². The minimum absolute atomic E-state index is 0.211. The molecule has 0 unspecified atom stereocenters. The predicted octanol–water partition coefficient (Wildman–Crippen LogP) is 4.26. The van der Waals surface area contributed by atoms with Crippen LogP contribution in [0.1, 0.15) is 42.1 Å². The van der Waals surface area contributed by atoms with Gasteiger partial charge < -0.3 is 14.2 Å². The van der Waals surface area contributed by atoms with Gasteiger partial charge in [0.1, 0.15) is 18.1 Å². The van der Waals surface area contributed by atoms with Crippen LogP contribution < -0.4 is 24.4 Å². The van der Waals surface area contributed by atoms with E-state index in [0.29, 0.717) is 44.3 Å². The minimum atomic E-state index is -0.684. The van der Waals surface area contributed by atoms with Crippen LogP contribution in [0, 0.1) is 11.3 Å². The van der Waals surface area contributed by atoms with Crippen LogP contribution in [0.2, 0.25) is 0 Å². The maximum absolute atomic E-state index is 13.8. The van der Waals surface area contributed by atoms with E-state index in [1.54, 1.807) is 49.8 Å². The molecule has 0 N–H and O–H groups in total. The van der Waals surface area contributed by atoms with Gasteiger partial charge in [0.2, 0.25) is 0 Å². The topological polar surface area (TPSA) is 103 Å². The summed E-state index contributed by atoms with van der Waals surface area (Å²) in [5.41, 5.74) is 3.73. The van der Waals surface area contributed by atoms with Gasteiger partial charge in [-0.05, 0) is 73.0 Å². The largest absolute Gasteiger partial charge is 0.497 e. The molecule has 206 valence electrons. The van der Waals surface area contributed by atoms with Crippen molar-refractivity contribution < 1.29 is 19.0 Å². The molecular weight excluding hydrogens is 538 g/mol. The zero-order valence-corrected chi connectivity index (χ0v) is 23.6. The molecule has 0 amide bonds. The van der Waals surface area contributed by atoms with E-state index in [2.05, 4.69) is 11.1 Å². The highest BCUT2D eigenvalue weighted by molar-refractivity contribution is 7.07. The summed E-state index contributed by atoms with van der Waals surface area (Å²) in [6.45, 7) is 4.09. The molecule has 4 aromatic rings. The van der Waals surface area contributed by atoms with E-state index >= 15 is 0 Å². The van der Waals surface area contributed by atoms with Crippen LogP contribution in [0.3, 0.4) is 0 Å². The maximum atomic E-state index is 13.8. The highest BCUT2D eigenvalue weighted by Crippen LogP contribution is 2.31. The van der Waals surface area contributed by atoms with Crippen LogP contribution in [0.25, 0.3) is 6.08 Å². The Kier molecular flexibility index (Phi) is 8.13. The molecule has 0 saturated carbocycles. The lowest BCUT2D eigenvalue weighted by Gasteiger charge is -2.24. The van der Waals surface area contributed by atoms with Gasteiger partial charge in [-0.15, -0.1) is 0 Å². The number of esters is 1. The van der Waals surface area contributed by atoms with Crippen LogP contribution in [0.5, 0.6) is 11.5 Å². The van der Waals surface area contributed by atoms with Crippen molar-refractivity contribution in [1.29, 1.82) is 5.26 Å². The maximum Gasteiger partial charge on any atom is 0.338 e. The van der Waals surface area contributed by atoms with Crippen molar-refractivity contribution in [3.05, 3.63) is 126 Å². The molecule has 5 rings (SSSR count). The van der Waals surface area contributed by atoms with Crippen LogP contribution in [-0.4, -0.2) is 24.3 Å². The predicted molar refractivity (Wildman–Crippen MR) is 155 cm³/mol. The highest BCUT2D eigenvalue weighted by Gasteiger charge is 2.33. The van der Waals surface area contributed by atoms with Gasteiger partial charge in [-0.3, -0.25) is 9.36 Å². The number of carbonyl (C=O) groups is 1. The third-order valence-corrected chi connectivity index (χ3v) is 7.60. The lowest BCUT2D eigenvalue weighted by atomic mass is 9.96. The number of aromatic nitrogens is 1. The first kappa shape index (κ1) is 27.6. The lowest BCUT2D eigenvalue weighted by molar-refractivity contribution is -0.139. The van der Waals surface area contributed by atoms with E-state index in [-0.39, 0.29) is 12.2 Å². The van der Waals surface area contributed by atoms with E-state index in [4.69, 9.17) is 19.5 Å². The summed E-state index contributed by atoms with van der Waals surface area (Å²) in [6, 6.07) is 23.4. The number of carbonyl (C=O) groups excluding carboxylic acids is 1. The van der Waals surface area contributed by atoms with Crippen molar-refractivity contribution in [1.82, 2.24) is 4.57 Å². The number of fused-ring (bicyclic) bond motifs is 1. The van der Waals surface area contributed by atoms with Crippen molar-refractivity contribution in [2.24, 2.45) is 4.99 Å².